The van der Waals surface area contributed by atoms with Gasteiger partial charge in [-0.05, 0) is 36.8 Å². The van der Waals surface area contributed by atoms with Crippen LogP contribution < -0.4 is 0 Å². The van der Waals surface area contributed by atoms with Crippen LogP contribution in [0.25, 0.3) is 0 Å². The first-order chi connectivity index (χ1) is 12.0. The van der Waals surface area contributed by atoms with Crippen molar-refractivity contribution in [2.75, 3.05) is 0 Å². The summed E-state index contributed by atoms with van der Waals surface area (Å²) in [5, 5.41) is 16.1. The zero-order chi connectivity index (χ0) is 18.0. The molecule has 0 saturated heterocycles. The minimum Gasteiger partial charge on any atom is -0.250 e. The number of H-pyrrole nitrogens is 1. The molecule has 3 rings (SSSR count). The topological polar surface area (TPSA) is 63.8 Å². The van der Waals surface area contributed by atoms with E-state index in [1.807, 2.05) is 13.8 Å². The highest BCUT2D eigenvalue weighted by atomic mass is 35.5. The van der Waals surface area contributed by atoms with E-state index in [1.165, 1.54) is 12.1 Å². The molecule has 6 nitrogen and oxygen atoms in total. The summed E-state index contributed by atoms with van der Waals surface area (Å²) in [5.74, 6) is 0.455. The smallest absolute Gasteiger partial charge is 0.216 e. The predicted molar refractivity (Wildman–Crippen MR) is 97.3 cm³/mol. The number of hydrogen-bond acceptors (Lipinski definition) is 4. The minimum atomic E-state index is -0.275. The fraction of sp³-hybridized carbons (Fsp3) is 0.250. The molecule has 2 aromatic heterocycles. The van der Waals surface area contributed by atoms with Crippen molar-refractivity contribution >= 4 is 30.0 Å². The SMILES string of the molecule is CCc1n[nH]c(=S)n1N=Cc1c(C)nn(Cc2ccc(F)cc2)c1Cl. The van der Waals surface area contributed by atoms with E-state index in [2.05, 4.69) is 20.4 Å². The maximum Gasteiger partial charge on any atom is 0.216 e. The lowest BCUT2D eigenvalue weighted by Gasteiger charge is -2.03. The normalized spacial score (nSPS) is 11.5. The van der Waals surface area contributed by atoms with E-state index in [1.54, 1.807) is 27.7 Å². The number of aromatic nitrogens is 5. The van der Waals surface area contributed by atoms with Gasteiger partial charge in [-0.1, -0.05) is 30.7 Å². The number of aromatic amines is 1. The largest absolute Gasteiger partial charge is 0.250 e. The maximum atomic E-state index is 13.0. The van der Waals surface area contributed by atoms with Crippen LogP contribution in [0.3, 0.4) is 0 Å². The number of nitrogens with zero attached hydrogens (tertiary/aromatic N) is 5. The van der Waals surface area contributed by atoms with Crippen LogP contribution in [-0.2, 0) is 13.0 Å². The van der Waals surface area contributed by atoms with Gasteiger partial charge < -0.3 is 0 Å². The molecule has 9 heteroatoms. The first-order valence-electron chi connectivity index (χ1n) is 7.67. The van der Waals surface area contributed by atoms with Crippen molar-refractivity contribution in [3.8, 4) is 0 Å². The van der Waals surface area contributed by atoms with Crippen LogP contribution in [0, 0.1) is 17.5 Å². The van der Waals surface area contributed by atoms with Gasteiger partial charge in [-0.15, -0.1) is 0 Å². The summed E-state index contributed by atoms with van der Waals surface area (Å²) in [6.07, 6.45) is 2.32. The first-order valence-corrected chi connectivity index (χ1v) is 8.46. The average molecular weight is 379 g/mol. The zero-order valence-electron chi connectivity index (χ0n) is 13.7. The molecule has 0 atom stereocenters. The Morgan fingerprint density at radius 2 is 2.08 bits per heavy atom. The van der Waals surface area contributed by atoms with Crippen LogP contribution in [0.4, 0.5) is 4.39 Å². The van der Waals surface area contributed by atoms with Crippen LogP contribution >= 0.6 is 23.8 Å². The summed E-state index contributed by atoms with van der Waals surface area (Å²) >= 11 is 11.6. The van der Waals surface area contributed by atoms with Crippen molar-refractivity contribution in [3.05, 3.63) is 62.7 Å². The van der Waals surface area contributed by atoms with E-state index < -0.39 is 0 Å². The molecule has 25 heavy (non-hydrogen) atoms. The average Bonchev–Trinajstić information content (AvgIpc) is 3.08. The number of halogens is 2. The Morgan fingerprint density at radius 1 is 1.36 bits per heavy atom. The Morgan fingerprint density at radius 3 is 2.76 bits per heavy atom. The molecule has 0 saturated carbocycles. The zero-order valence-corrected chi connectivity index (χ0v) is 15.3. The quantitative estimate of drug-likeness (QED) is 0.543. The third-order valence-electron chi connectivity index (χ3n) is 3.69. The molecule has 0 aliphatic rings. The van der Waals surface area contributed by atoms with Gasteiger partial charge in [0, 0.05) is 6.42 Å². The Hall–Kier alpha value is -2.32. The molecule has 2 heterocycles. The molecule has 0 unspecified atom stereocenters. The van der Waals surface area contributed by atoms with Gasteiger partial charge in [0.15, 0.2) is 5.82 Å². The van der Waals surface area contributed by atoms with E-state index in [9.17, 15) is 4.39 Å². The number of hydrogen-bond donors (Lipinski definition) is 1. The summed E-state index contributed by atoms with van der Waals surface area (Å²) in [7, 11) is 0. The Labute approximate surface area is 153 Å². The molecule has 1 aromatic carbocycles. The standard InChI is InChI=1S/C16H16ClFN6S/c1-3-14-20-21-16(25)24(14)19-8-13-10(2)22-23(15(13)17)9-11-4-6-12(18)7-5-11/h4-8H,3,9H2,1-2H3,(H,21,25). The summed E-state index contributed by atoms with van der Waals surface area (Å²) in [4.78, 5) is 0. The number of aryl methyl sites for hydroxylation is 2. The molecule has 0 radical (unpaired) electrons. The first kappa shape index (κ1) is 17.5. The molecule has 0 fully saturated rings. The molecular formula is C16H16ClFN6S. The van der Waals surface area contributed by atoms with Crippen molar-refractivity contribution in [3.63, 3.8) is 0 Å². The highest BCUT2D eigenvalue weighted by Crippen LogP contribution is 2.19. The lowest BCUT2D eigenvalue weighted by atomic mass is 10.2. The predicted octanol–water partition coefficient (Wildman–Crippen LogP) is 3.73. The van der Waals surface area contributed by atoms with E-state index in [0.717, 1.165) is 17.1 Å². The highest BCUT2D eigenvalue weighted by molar-refractivity contribution is 7.71. The molecule has 0 aliphatic carbocycles. The van der Waals surface area contributed by atoms with Crippen LogP contribution in [0.15, 0.2) is 29.4 Å². The van der Waals surface area contributed by atoms with Gasteiger partial charge in [-0.25, -0.2) is 9.07 Å². The number of rotatable bonds is 5. The Balaban J connectivity index is 1.89. The van der Waals surface area contributed by atoms with E-state index in [4.69, 9.17) is 23.8 Å². The second kappa shape index (κ2) is 7.28. The number of benzene rings is 1. The second-order valence-corrected chi connectivity index (χ2v) is 6.17. The van der Waals surface area contributed by atoms with Gasteiger partial charge >= 0.3 is 0 Å². The minimum absolute atomic E-state index is 0.275. The van der Waals surface area contributed by atoms with E-state index >= 15 is 0 Å². The van der Waals surface area contributed by atoms with Gasteiger partial charge in [-0.3, -0.25) is 5.10 Å². The van der Waals surface area contributed by atoms with Crippen molar-refractivity contribution in [1.29, 1.82) is 0 Å². The molecule has 0 aliphatic heterocycles. The monoisotopic (exact) mass is 378 g/mol. The van der Waals surface area contributed by atoms with Crippen molar-refractivity contribution in [2.24, 2.45) is 5.10 Å². The highest BCUT2D eigenvalue weighted by Gasteiger charge is 2.12. The Bertz CT molecular complexity index is 970. The molecule has 130 valence electrons. The van der Waals surface area contributed by atoms with Crippen molar-refractivity contribution in [1.82, 2.24) is 24.7 Å². The summed E-state index contributed by atoms with van der Waals surface area (Å²) in [6.45, 7) is 4.26. The molecule has 3 aromatic rings. The summed E-state index contributed by atoms with van der Waals surface area (Å²) < 4.78 is 16.6. The van der Waals surface area contributed by atoms with Crippen LogP contribution in [0.1, 0.15) is 29.6 Å². The van der Waals surface area contributed by atoms with Crippen molar-refractivity contribution in [2.45, 2.75) is 26.8 Å². The fourth-order valence-corrected chi connectivity index (χ4v) is 2.85. The van der Waals surface area contributed by atoms with Gasteiger partial charge in [0.1, 0.15) is 11.0 Å². The Kier molecular flexibility index (Phi) is 5.10. The molecule has 0 bridgehead atoms. The fourth-order valence-electron chi connectivity index (χ4n) is 2.37. The maximum absolute atomic E-state index is 13.0. The molecule has 0 spiro atoms. The van der Waals surface area contributed by atoms with Crippen LogP contribution in [-0.4, -0.2) is 30.9 Å². The van der Waals surface area contributed by atoms with Gasteiger partial charge in [-0.2, -0.15) is 20.0 Å². The van der Waals surface area contributed by atoms with E-state index in [-0.39, 0.29) is 5.82 Å². The molecular weight excluding hydrogens is 363 g/mol. The van der Waals surface area contributed by atoms with Crippen molar-refractivity contribution < 1.29 is 4.39 Å². The lowest BCUT2D eigenvalue weighted by Crippen LogP contribution is -2.02. The molecule has 0 amide bonds. The third-order valence-corrected chi connectivity index (χ3v) is 4.35. The third kappa shape index (κ3) is 3.69. The lowest BCUT2D eigenvalue weighted by molar-refractivity contribution is 0.624. The van der Waals surface area contributed by atoms with Gasteiger partial charge in [0.2, 0.25) is 4.77 Å². The van der Waals surface area contributed by atoms with Crippen LogP contribution in [0.2, 0.25) is 5.15 Å². The molecule has 1 N–H and O–H groups in total. The number of nitrogens with one attached hydrogen (secondary N) is 1. The van der Waals surface area contributed by atoms with Crippen LogP contribution in [0.5, 0.6) is 0 Å². The second-order valence-electron chi connectivity index (χ2n) is 5.43. The summed E-state index contributed by atoms with van der Waals surface area (Å²) in [6, 6.07) is 6.23. The summed E-state index contributed by atoms with van der Waals surface area (Å²) in [5.41, 5.74) is 2.34. The van der Waals surface area contributed by atoms with E-state index in [0.29, 0.717) is 28.5 Å². The van der Waals surface area contributed by atoms with Gasteiger partial charge in [0.25, 0.3) is 0 Å². The van der Waals surface area contributed by atoms with Gasteiger partial charge in [0.05, 0.1) is 24.0 Å².